The predicted octanol–water partition coefficient (Wildman–Crippen LogP) is 3.33. The smallest absolute Gasteiger partial charge is 0.230 e. The first-order valence-electron chi connectivity index (χ1n) is 9.89. The Morgan fingerprint density at radius 3 is 2.44 bits per heavy atom. The summed E-state index contributed by atoms with van der Waals surface area (Å²) >= 11 is 1.52. The van der Waals surface area contributed by atoms with E-state index in [9.17, 15) is 4.79 Å². The van der Waals surface area contributed by atoms with E-state index in [0.717, 1.165) is 48.0 Å². The quantitative estimate of drug-likeness (QED) is 0.756. The van der Waals surface area contributed by atoms with Gasteiger partial charge in [-0.3, -0.25) is 4.79 Å². The lowest BCUT2D eigenvalue weighted by atomic mass is 9.53. The average Bonchev–Trinajstić information content (AvgIpc) is 2.89. The summed E-state index contributed by atoms with van der Waals surface area (Å²) in [6, 6.07) is 0. The number of amides is 1. The molecule has 1 aromatic rings. The summed E-state index contributed by atoms with van der Waals surface area (Å²) in [5.74, 6) is 4.22. The van der Waals surface area contributed by atoms with Crippen LogP contribution in [0.3, 0.4) is 0 Å². The van der Waals surface area contributed by atoms with E-state index in [-0.39, 0.29) is 11.4 Å². The van der Waals surface area contributed by atoms with Crippen molar-refractivity contribution in [2.24, 2.45) is 24.8 Å². The van der Waals surface area contributed by atoms with Crippen LogP contribution in [-0.4, -0.2) is 32.0 Å². The largest absolute Gasteiger partial charge is 0.350 e. The Labute approximate surface area is 154 Å². The van der Waals surface area contributed by atoms with Gasteiger partial charge in [0, 0.05) is 19.0 Å². The predicted molar refractivity (Wildman–Crippen MR) is 99.4 cm³/mol. The number of thioether (sulfide) groups is 1. The van der Waals surface area contributed by atoms with E-state index in [4.69, 9.17) is 0 Å². The second-order valence-corrected chi connectivity index (χ2v) is 9.54. The molecular weight excluding hydrogens is 332 g/mol. The van der Waals surface area contributed by atoms with Gasteiger partial charge in [0.1, 0.15) is 5.82 Å². The molecule has 1 amide bonds. The summed E-state index contributed by atoms with van der Waals surface area (Å²) in [5.41, 5.74) is 0.110. The Kier molecular flexibility index (Phi) is 4.82. The Morgan fingerprint density at radius 1 is 1.20 bits per heavy atom. The Balaban J connectivity index is 1.32. The number of aryl methyl sites for hydroxylation is 1. The fourth-order valence-corrected chi connectivity index (χ4v) is 6.48. The standard InChI is InChI=1S/C19H30N4OS/c1-3-4-5-16-21-22-18(23(16)2)25-12-17(24)20-19-9-13-6-14(10-19)8-15(7-13)11-19/h13-15H,3-12H2,1-2H3,(H,20,24). The number of unbranched alkanes of at least 4 members (excludes halogenated alkanes) is 1. The van der Waals surface area contributed by atoms with E-state index in [0.29, 0.717) is 5.75 Å². The van der Waals surface area contributed by atoms with E-state index >= 15 is 0 Å². The maximum Gasteiger partial charge on any atom is 0.230 e. The van der Waals surface area contributed by atoms with Gasteiger partial charge in [0.05, 0.1) is 5.75 Å². The summed E-state index contributed by atoms with van der Waals surface area (Å²) in [4.78, 5) is 12.6. The Hall–Kier alpha value is -1.04. The molecule has 6 heteroatoms. The molecule has 25 heavy (non-hydrogen) atoms. The summed E-state index contributed by atoms with van der Waals surface area (Å²) in [5, 5.41) is 12.8. The zero-order chi connectivity index (χ0) is 17.4. The lowest BCUT2D eigenvalue weighted by molar-refractivity contribution is -0.124. The van der Waals surface area contributed by atoms with Crippen LogP contribution in [0.2, 0.25) is 0 Å². The zero-order valence-electron chi connectivity index (χ0n) is 15.5. The van der Waals surface area contributed by atoms with Crippen molar-refractivity contribution in [2.45, 2.75) is 75.4 Å². The molecule has 4 aliphatic carbocycles. The molecule has 0 unspecified atom stereocenters. The molecule has 4 saturated carbocycles. The second kappa shape index (κ2) is 6.93. The third-order valence-corrected chi connectivity index (χ3v) is 7.47. The first kappa shape index (κ1) is 17.4. The fraction of sp³-hybridized carbons (Fsp3) is 0.842. The summed E-state index contributed by atoms with van der Waals surface area (Å²) in [7, 11) is 2.00. The van der Waals surface area contributed by atoms with E-state index in [1.165, 1.54) is 50.3 Å². The molecule has 5 rings (SSSR count). The lowest BCUT2D eigenvalue weighted by Gasteiger charge is -2.56. The van der Waals surface area contributed by atoms with Crippen molar-refractivity contribution in [3.63, 3.8) is 0 Å². The maximum atomic E-state index is 12.6. The highest BCUT2D eigenvalue weighted by Gasteiger charge is 2.51. The average molecular weight is 363 g/mol. The van der Waals surface area contributed by atoms with Gasteiger partial charge in [-0.25, -0.2) is 0 Å². The van der Waals surface area contributed by atoms with Crippen LogP contribution >= 0.6 is 11.8 Å². The van der Waals surface area contributed by atoms with E-state index in [1.54, 1.807) is 0 Å². The summed E-state index contributed by atoms with van der Waals surface area (Å²) < 4.78 is 2.04. The Bertz CT molecular complexity index is 606. The van der Waals surface area contributed by atoms with Crippen LogP contribution in [-0.2, 0) is 18.3 Å². The molecule has 1 heterocycles. The van der Waals surface area contributed by atoms with Gasteiger partial charge in [-0.2, -0.15) is 0 Å². The number of carbonyl (C=O) groups excluding carboxylic acids is 1. The van der Waals surface area contributed by atoms with Gasteiger partial charge in [-0.05, 0) is 62.7 Å². The molecule has 1 N–H and O–H groups in total. The molecule has 0 spiro atoms. The van der Waals surface area contributed by atoms with Gasteiger partial charge in [0.15, 0.2) is 5.16 Å². The molecule has 0 radical (unpaired) electrons. The van der Waals surface area contributed by atoms with Crippen molar-refractivity contribution in [1.29, 1.82) is 0 Å². The van der Waals surface area contributed by atoms with Crippen molar-refractivity contribution >= 4 is 17.7 Å². The second-order valence-electron chi connectivity index (χ2n) is 8.60. The third kappa shape index (κ3) is 3.60. The number of rotatable bonds is 7. The molecule has 0 aliphatic heterocycles. The van der Waals surface area contributed by atoms with Gasteiger partial charge in [-0.1, -0.05) is 25.1 Å². The van der Waals surface area contributed by atoms with Gasteiger partial charge < -0.3 is 9.88 Å². The minimum atomic E-state index is 0.110. The van der Waals surface area contributed by atoms with Crippen molar-refractivity contribution in [3.8, 4) is 0 Å². The summed E-state index contributed by atoms with van der Waals surface area (Å²) in [6.45, 7) is 2.18. The van der Waals surface area contributed by atoms with Crippen LogP contribution in [0.1, 0.15) is 64.1 Å². The van der Waals surface area contributed by atoms with E-state index < -0.39 is 0 Å². The van der Waals surface area contributed by atoms with Crippen molar-refractivity contribution in [2.75, 3.05) is 5.75 Å². The molecule has 5 nitrogen and oxygen atoms in total. The maximum absolute atomic E-state index is 12.6. The molecule has 4 bridgehead atoms. The minimum Gasteiger partial charge on any atom is -0.350 e. The molecule has 4 aliphatic rings. The van der Waals surface area contributed by atoms with Crippen LogP contribution in [0.5, 0.6) is 0 Å². The van der Waals surface area contributed by atoms with Gasteiger partial charge in [0.25, 0.3) is 0 Å². The number of hydrogen-bond donors (Lipinski definition) is 1. The number of nitrogens with one attached hydrogen (secondary N) is 1. The van der Waals surface area contributed by atoms with Crippen LogP contribution in [0.4, 0.5) is 0 Å². The zero-order valence-corrected chi connectivity index (χ0v) is 16.3. The van der Waals surface area contributed by atoms with Gasteiger partial charge in [-0.15, -0.1) is 10.2 Å². The number of nitrogens with zero attached hydrogens (tertiary/aromatic N) is 3. The highest BCUT2D eigenvalue weighted by atomic mass is 32.2. The van der Waals surface area contributed by atoms with E-state index in [1.807, 2.05) is 11.6 Å². The molecule has 138 valence electrons. The van der Waals surface area contributed by atoms with Crippen molar-refractivity contribution < 1.29 is 4.79 Å². The van der Waals surface area contributed by atoms with Crippen LogP contribution in [0.15, 0.2) is 5.16 Å². The molecule has 4 fully saturated rings. The highest BCUT2D eigenvalue weighted by molar-refractivity contribution is 7.99. The third-order valence-electron chi connectivity index (χ3n) is 6.45. The number of hydrogen-bond acceptors (Lipinski definition) is 4. The van der Waals surface area contributed by atoms with Crippen LogP contribution in [0.25, 0.3) is 0 Å². The Morgan fingerprint density at radius 2 is 1.84 bits per heavy atom. The SMILES string of the molecule is CCCCc1nnc(SCC(=O)NC23CC4CC(CC(C4)C2)C3)n1C. The molecule has 0 atom stereocenters. The topological polar surface area (TPSA) is 59.8 Å². The van der Waals surface area contributed by atoms with Crippen LogP contribution < -0.4 is 5.32 Å². The minimum absolute atomic E-state index is 0.110. The van der Waals surface area contributed by atoms with Crippen molar-refractivity contribution in [1.82, 2.24) is 20.1 Å². The molecule has 0 saturated heterocycles. The number of aromatic nitrogens is 3. The lowest BCUT2D eigenvalue weighted by Crippen LogP contribution is -2.60. The highest BCUT2D eigenvalue weighted by Crippen LogP contribution is 2.55. The van der Waals surface area contributed by atoms with Gasteiger partial charge in [0.2, 0.25) is 5.91 Å². The monoisotopic (exact) mass is 362 g/mol. The summed E-state index contributed by atoms with van der Waals surface area (Å²) in [6.07, 6.45) is 11.1. The molecule has 0 aromatic carbocycles. The van der Waals surface area contributed by atoms with Crippen molar-refractivity contribution in [3.05, 3.63) is 5.82 Å². The first-order valence-corrected chi connectivity index (χ1v) is 10.9. The molecular formula is C19H30N4OS. The number of carbonyl (C=O) groups is 1. The molecule has 1 aromatic heterocycles. The first-order chi connectivity index (χ1) is 12.1. The normalized spacial score (nSPS) is 33.0. The van der Waals surface area contributed by atoms with E-state index in [2.05, 4.69) is 22.4 Å². The van der Waals surface area contributed by atoms with Gasteiger partial charge >= 0.3 is 0 Å². The fourth-order valence-electron chi connectivity index (χ4n) is 5.75. The van der Waals surface area contributed by atoms with Crippen LogP contribution in [0, 0.1) is 17.8 Å².